The Labute approximate surface area is 117 Å². The highest BCUT2D eigenvalue weighted by Gasteiger charge is 2.61. The van der Waals surface area contributed by atoms with Crippen LogP contribution in [0.1, 0.15) is 23.6 Å². The number of fused-ring (bicyclic) bond motifs is 3. The number of nitrogens with zero attached hydrogens (tertiary/aromatic N) is 1. The Kier molecular flexibility index (Phi) is 2.02. The molecule has 1 aliphatic heterocycles. The van der Waals surface area contributed by atoms with E-state index in [4.69, 9.17) is 12.2 Å². The van der Waals surface area contributed by atoms with E-state index in [1.807, 2.05) is 12.3 Å². The van der Waals surface area contributed by atoms with Crippen LogP contribution in [0.5, 0.6) is 0 Å². The minimum absolute atomic E-state index is 0.0720. The average molecular weight is 325 g/mol. The van der Waals surface area contributed by atoms with E-state index >= 15 is 0 Å². The van der Waals surface area contributed by atoms with E-state index in [0.29, 0.717) is 5.92 Å². The third kappa shape index (κ3) is 1.29. The molecule has 1 fully saturated rings. The molecule has 92 valence electrons. The van der Waals surface area contributed by atoms with Gasteiger partial charge in [-0.2, -0.15) is 0 Å². The minimum atomic E-state index is -0.179. The molecule has 0 saturated heterocycles. The van der Waals surface area contributed by atoms with Gasteiger partial charge in [0.05, 0.1) is 0 Å². The van der Waals surface area contributed by atoms with Crippen molar-refractivity contribution in [3.05, 3.63) is 50.7 Å². The first kappa shape index (κ1) is 10.9. The molecular formula is C13H10BrFN2S. The lowest BCUT2D eigenvalue weighted by atomic mass is 9.94. The first-order chi connectivity index (χ1) is 8.60. The van der Waals surface area contributed by atoms with E-state index < -0.39 is 0 Å². The van der Waals surface area contributed by atoms with Gasteiger partial charge < -0.3 is 9.55 Å². The topological polar surface area (TPSA) is 20.7 Å². The van der Waals surface area contributed by atoms with E-state index in [-0.39, 0.29) is 11.2 Å². The van der Waals surface area contributed by atoms with Gasteiger partial charge >= 0.3 is 0 Å². The highest BCUT2D eigenvalue weighted by Crippen LogP contribution is 2.65. The summed E-state index contributed by atoms with van der Waals surface area (Å²) < 4.78 is 17.3. The zero-order chi connectivity index (χ0) is 12.5. The Hall–Kier alpha value is -0.940. The van der Waals surface area contributed by atoms with Gasteiger partial charge in [-0.1, -0.05) is 15.9 Å². The summed E-state index contributed by atoms with van der Waals surface area (Å²) >= 11 is 8.63. The maximum atomic E-state index is 13.5. The number of benzene rings is 1. The van der Waals surface area contributed by atoms with Crippen LogP contribution in [0.25, 0.3) is 0 Å². The van der Waals surface area contributed by atoms with Crippen LogP contribution in [0.15, 0.2) is 28.9 Å². The van der Waals surface area contributed by atoms with Crippen molar-refractivity contribution in [1.29, 1.82) is 0 Å². The fourth-order valence-electron chi connectivity index (χ4n) is 3.26. The predicted octanol–water partition coefficient (Wildman–Crippen LogP) is 3.89. The average Bonchev–Trinajstić information content (AvgIpc) is 2.78. The Balaban J connectivity index is 1.83. The molecule has 1 aliphatic carbocycles. The molecule has 1 aromatic carbocycles. The van der Waals surface area contributed by atoms with Crippen molar-refractivity contribution in [2.45, 2.75) is 24.3 Å². The molecule has 2 heterocycles. The van der Waals surface area contributed by atoms with Gasteiger partial charge in [-0.3, -0.25) is 0 Å². The second-order valence-corrected chi connectivity index (χ2v) is 6.48. The van der Waals surface area contributed by atoms with Gasteiger partial charge in [0.1, 0.15) is 5.82 Å². The summed E-state index contributed by atoms with van der Waals surface area (Å²) in [4.78, 5) is 3.08. The van der Waals surface area contributed by atoms with Gasteiger partial charge in [0, 0.05) is 34.2 Å². The van der Waals surface area contributed by atoms with Crippen LogP contribution < -0.4 is 0 Å². The number of H-pyrrole nitrogens is 1. The van der Waals surface area contributed by atoms with Crippen molar-refractivity contribution in [2.24, 2.45) is 0 Å². The number of nitrogens with one attached hydrogen (secondary N) is 1. The predicted molar refractivity (Wildman–Crippen MR) is 72.8 cm³/mol. The fraction of sp³-hybridized carbons (Fsp3) is 0.308. The Morgan fingerprint density at radius 2 is 2.28 bits per heavy atom. The summed E-state index contributed by atoms with van der Waals surface area (Å²) in [5.74, 6) is 0.306. The SMILES string of the molecule is Fc1cc(Br)cc([C@]23C[C@H]2c2c[nH]c(=S)n2C3)c1. The molecule has 0 radical (unpaired) electrons. The van der Waals surface area contributed by atoms with E-state index in [1.165, 1.54) is 11.8 Å². The molecule has 1 N–H and O–H groups in total. The van der Waals surface area contributed by atoms with Crippen molar-refractivity contribution >= 4 is 28.1 Å². The van der Waals surface area contributed by atoms with Crippen molar-refractivity contribution in [2.75, 3.05) is 0 Å². The number of imidazole rings is 1. The summed E-state index contributed by atoms with van der Waals surface area (Å²) in [6, 6.07) is 5.19. The van der Waals surface area contributed by atoms with Gasteiger partial charge in [-0.15, -0.1) is 0 Å². The molecule has 5 heteroatoms. The molecule has 2 aliphatic rings. The third-order valence-corrected chi connectivity index (χ3v) is 5.01. The Morgan fingerprint density at radius 3 is 3.00 bits per heavy atom. The maximum Gasteiger partial charge on any atom is 0.177 e. The number of hydrogen-bond donors (Lipinski definition) is 1. The van der Waals surface area contributed by atoms with E-state index in [0.717, 1.165) is 27.8 Å². The quantitative estimate of drug-likeness (QED) is 0.789. The number of aromatic nitrogens is 2. The van der Waals surface area contributed by atoms with Crippen molar-refractivity contribution < 1.29 is 4.39 Å². The van der Waals surface area contributed by atoms with Crippen LogP contribution >= 0.6 is 28.1 Å². The molecule has 2 atom stereocenters. The molecule has 4 rings (SSSR count). The standard InChI is InChI=1S/C13H10BrFN2S/c14-8-1-7(2-9(15)3-8)13-4-10(13)11-5-16-12(18)17(11)6-13/h1-3,5,10H,4,6H2,(H,16,18)/t10-,13+/m0/s1. The van der Waals surface area contributed by atoms with Gasteiger partial charge in [-0.25, -0.2) is 4.39 Å². The monoisotopic (exact) mass is 324 g/mol. The molecule has 1 saturated carbocycles. The second-order valence-electron chi connectivity index (χ2n) is 5.18. The largest absolute Gasteiger partial charge is 0.337 e. The molecule has 0 bridgehead atoms. The normalized spacial score (nSPS) is 28.0. The number of rotatable bonds is 1. The van der Waals surface area contributed by atoms with Crippen molar-refractivity contribution in [1.82, 2.24) is 9.55 Å². The number of halogens is 2. The smallest absolute Gasteiger partial charge is 0.177 e. The zero-order valence-electron chi connectivity index (χ0n) is 9.41. The summed E-state index contributed by atoms with van der Waals surface area (Å²) in [7, 11) is 0. The summed E-state index contributed by atoms with van der Waals surface area (Å²) in [6.45, 7) is 0.866. The molecule has 0 spiro atoms. The van der Waals surface area contributed by atoms with E-state index in [2.05, 4.69) is 25.5 Å². The van der Waals surface area contributed by atoms with Crippen LogP contribution in [-0.4, -0.2) is 9.55 Å². The Bertz CT molecular complexity index is 700. The number of aromatic amines is 1. The van der Waals surface area contributed by atoms with Gasteiger partial charge in [0.2, 0.25) is 0 Å². The maximum absolute atomic E-state index is 13.5. The van der Waals surface area contributed by atoms with Gasteiger partial charge in [0.25, 0.3) is 0 Å². The lowest BCUT2D eigenvalue weighted by Crippen LogP contribution is -2.12. The van der Waals surface area contributed by atoms with Crippen molar-refractivity contribution in [3.63, 3.8) is 0 Å². The lowest BCUT2D eigenvalue weighted by Gasteiger charge is -2.13. The van der Waals surface area contributed by atoms with E-state index in [1.54, 1.807) is 6.07 Å². The van der Waals surface area contributed by atoms with Crippen molar-refractivity contribution in [3.8, 4) is 0 Å². The van der Waals surface area contributed by atoms with E-state index in [9.17, 15) is 4.39 Å². The zero-order valence-corrected chi connectivity index (χ0v) is 11.8. The summed E-state index contributed by atoms with van der Waals surface area (Å²) in [5, 5.41) is 0. The molecule has 1 aromatic heterocycles. The molecule has 0 unspecified atom stereocenters. The second kappa shape index (κ2) is 3.33. The lowest BCUT2D eigenvalue weighted by molar-refractivity contribution is 0.569. The third-order valence-electron chi connectivity index (χ3n) is 4.21. The first-order valence-corrected chi connectivity index (χ1v) is 7.05. The summed E-state index contributed by atoms with van der Waals surface area (Å²) in [5.41, 5.74) is 2.42. The molecule has 2 nitrogen and oxygen atoms in total. The first-order valence-electron chi connectivity index (χ1n) is 5.85. The molecule has 0 amide bonds. The van der Waals surface area contributed by atoms with Crippen LogP contribution in [0.3, 0.4) is 0 Å². The van der Waals surface area contributed by atoms with Crippen LogP contribution in [-0.2, 0) is 12.0 Å². The molecular weight excluding hydrogens is 315 g/mol. The van der Waals surface area contributed by atoms with Crippen LogP contribution in [0.4, 0.5) is 4.39 Å². The fourth-order valence-corrected chi connectivity index (χ4v) is 3.96. The molecule has 2 aromatic rings. The highest BCUT2D eigenvalue weighted by molar-refractivity contribution is 9.10. The number of hydrogen-bond acceptors (Lipinski definition) is 1. The minimum Gasteiger partial charge on any atom is -0.337 e. The summed E-state index contributed by atoms with van der Waals surface area (Å²) in [6.07, 6.45) is 3.09. The van der Waals surface area contributed by atoms with Crippen LogP contribution in [0, 0.1) is 10.6 Å². The molecule has 18 heavy (non-hydrogen) atoms. The van der Waals surface area contributed by atoms with Gasteiger partial charge in [0.15, 0.2) is 4.77 Å². The highest BCUT2D eigenvalue weighted by atomic mass is 79.9. The van der Waals surface area contributed by atoms with Gasteiger partial charge in [-0.05, 0) is 42.4 Å². The Morgan fingerprint density at radius 1 is 1.44 bits per heavy atom. The van der Waals surface area contributed by atoms with Crippen LogP contribution in [0.2, 0.25) is 0 Å².